The lowest BCUT2D eigenvalue weighted by molar-refractivity contribution is 0.702. The molecule has 0 bridgehead atoms. The fraction of sp³-hybridized carbons (Fsp3) is 1.00. The van der Waals surface area contributed by atoms with Gasteiger partial charge in [0, 0.05) is 2.74 Å². The Hall–Kier alpha value is 0. The largest absolute Gasteiger partial charge is 0.0654 e. The first-order valence-electron chi connectivity index (χ1n) is 3.77. The van der Waals surface area contributed by atoms with E-state index in [1.807, 2.05) is 0 Å². The number of rotatable bonds is 3. The first kappa shape index (κ1) is 3.06. The van der Waals surface area contributed by atoms with E-state index in [2.05, 4.69) is 6.92 Å². The highest BCUT2D eigenvalue weighted by Crippen LogP contribution is 1.95. The van der Waals surface area contributed by atoms with Gasteiger partial charge in [-0.1, -0.05) is 39.5 Å². The van der Waals surface area contributed by atoms with Crippen molar-refractivity contribution in [2.75, 3.05) is 0 Å². The molecule has 0 atom stereocenters. The topological polar surface area (TPSA) is 0 Å². The molecule has 0 saturated carbocycles. The van der Waals surface area contributed by atoms with E-state index in [0.29, 0.717) is 0 Å². The Morgan fingerprint density at radius 2 is 2.00 bits per heavy atom. The van der Waals surface area contributed by atoms with E-state index in [9.17, 15) is 0 Å². The number of hydrogen-bond acceptors (Lipinski definition) is 0. The molecule has 0 aromatic rings. The molecule has 0 heterocycles. The van der Waals surface area contributed by atoms with Crippen molar-refractivity contribution in [3.8, 4) is 0 Å². The Kier molecular flexibility index (Phi) is 2.55. The molecule has 0 aliphatic rings. The molecule has 0 radical (unpaired) electrons. The van der Waals surface area contributed by atoms with Gasteiger partial charge in [0.1, 0.15) is 0 Å². The summed E-state index contributed by atoms with van der Waals surface area (Å²) < 4.78 is 13.6. The first-order chi connectivity index (χ1) is 3.77. The molecule has 0 N–H and O–H groups in total. The molecule has 0 rings (SSSR count). The molecule has 0 aromatic carbocycles. The molecule has 0 unspecified atom stereocenters. The van der Waals surface area contributed by atoms with E-state index in [0.717, 1.165) is 12.8 Å². The lowest BCUT2D eigenvalue weighted by Crippen LogP contribution is -1.66. The second-order valence-electron chi connectivity index (χ2n) is 1.50. The minimum Gasteiger partial charge on any atom is -0.0654 e. The summed E-state index contributed by atoms with van der Waals surface area (Å²) in [4.78, 5) is 0. The monoisotopic (exact) mass is 90.1 g/mol. The van der Waals surface area contributed by atoms with Gasteiger partial charge in [-0.05, 0) is 0 Å². The average molecular weight is 90.2 g/mol. The molecule has 0 aromatic heterocycles. The molecule has 38 valence electrons. The van der Waals surface area contributed by atoms with Gasteiger partial charge >= 0.3 is 0 Å². The number of unbranched alkanes of at least 4 members (excludes halogenated alkanes) is 2. The molecular formula is C6H14. The third-order valence-electron chi connectivity index (χ3n) is 0.808. The normalized spacial score (nSPS) is 14.3. The molecule has 0 nitrogen and oxygen atoms in total. The van der Waals surface area contributed by atoms with Crippen LogP contribution in [0.1, 0.15) is 42.2 Å². The first-order valence-corrected chi connectivity index (χ1v) is 2.62. The Morgan fingerprint density at radius 1 is 1.33 bits per heavy atom. The van der Waals surface area contributed by atoms with Crippen LogP contribution in [-0.2, 0) is 0 Å². The fourth-order valence-corrected chi connectivity index (χ4v) is 0.394. The Morgan fingerprint density at radius 3 is 2.50 bits per heavy atom. The van der Waals surface area contributed by atoms with Crippen molar-refractivity contribution in [2.45, 2.75) is 39.5 Å². The molecule has 0 spiro atoms. The van der Waals surface area contributed by atoms with Crippen LogP contribution < -0.4 is 0 Å². The molecule has 0 amide bonds. The van der Waals surface area contributed by atoms with Crippen LogP contribution >= 0.6 is 0 Å². The second kappa shape index (κ2) is 5.00. The van der Waals surface area contributed by atoms with Gasteiger partial charge in [0.15, 0.2) is 0 Å². The predicted octanol–water partition coefficient (Wildman–Crippen LogP) is 2.59. The fourth-order valence-electron chi connectivity index (χ4n) is 0.394. The van der Waals surface area contributed by atoms with Crippen molar-refractivity contribution >= 4 is 0 Å². The third-order valence-corrected chi connectivity index (χ3v) is 0.808. The maximum atomic E-state index is 6.82. The zero-order valence-electron chi connectivity index (χ0n) is 6.41. The lowest BCUT2D eigenvalue weighted by atomic mass is 10.2. The highest BCUT2D eigenvalue weighted by Gasteiger charge is 1.75. The molecule has 0 heteroatoms. The van der Waals surface area contributed by atoms with E-state index >= 15 is 0 Å². The van der Waals surface area contributed by atoms with Crippen LogP contribution in [0.4, 0.5) is 0 Å². The molecule has 0 aliphatic heterocycles. The number of hydrogen-bond donors (Lipinski definition) is 0. The highest BCUT2D eigenvalue weighted by atomic mass is 13.8. The van der Waals surface area contributed by atoms with Crippen LogP contribution in [0, 0.1) is 0 Å². The van der Waals surface area contributed by atoms with Crippen LogP contribution in [0.2, 0.25) is 0 Å². The Bertz CT molecular complexity index is 43.8. The van der Waals surface area contributed by atoms with Crippen molar-refractivity contribution < 1.29 is 2.74 Å². The smallest absolute Gasteiger partial charge is 0.0230 e. The average Bonchev–Trinajstić information content (AvgIpc) is 1.66. The maximum absolute atomic E-state index is 6.82. The zero-order valence-corrected chi connectivity index (χ0v) is 4.41. The summed E-state index contributed by atoms with van der Waals surface area (Å²) in [5.41, 5.74) is 0. The summed E-state index contributed by atoms with van der Waals surface area (Å²) in [7, 11) is 0. The van der Waals surface area contributed by atoms with Gasteiger partial charge in [0.25, 0.3) is 0 Å². The molecule has 0 fully saturated rings. The van der Waals surface area contributed by atoms with E-state index in [-0.39, 0.29) is 0 Å². The van der Waals surface area contributed by atoms with Crippen LogP contribution in [-0.4, -0.2) is 0 Å². The minimum absolute atomic E-state index is 0.596. The quantitative estimate of drug-likeness (QED) is 0.467. The van der Waals surface area contributed by atoms with Crippen LogP contribution in [0.25, 0.3) is 0 Å². The van der Waals surface area contributed by atoms with E-state index in [1.54, 1.807) is 0 Å². The van der Waals surface area contributed by atoms with Gasteiger partial charge in [0.2, 0.25) is 0 Å². The predicted molar refractivity (Wildman–Crippen MR) is 29.8 cm³/mol. The highest BCUT2D eigenvalue weighted by molar-refractivity contribution is 4.31. The van der Waals surface area contributed by atoms with Crippen LogP contribution in [0.15, 0.2) is 0 Å². The third kappa shape index (κ3) is 4.00. The molecule has 0 saturated heterocycles. The minimum atomic E-state index is -0.596. The van der Waals surface area contributed by atoms with Gasteiger partial charge in [-0.2, -0.15) is 0 Å². The van der Waals surface area contributed by atoms with Crippen molar-refractivity contribution in [3.05, 3.63) is 0 Å². The van der Waals surface area contributed by atoms with Crippen LogP contribution in [0.5, 0.6) is 0 Å². The van der Waals surface area contributed by atoms with E-state index in [1.165, 1.54) is 12.8 Å². The van der Waals surface area contributed by atoms with Crippen molar-refractivity contribution in [3.63, 3.8) is 0 Å². The summed E-state index contributed by atoms with van der Waals surface area (Å²) in [6, 6.07) is 0. The summed E-state index contributed by atoms with van der Waals surface area (Å²) in [6.07, 6.45) is 4.16. The molecule has 0 aliphatic carbocycles. The van der Waals surface area contributed by atoms with Gasteiger partial charge in [-0.25, -0.2) is 0 Å². The standard InChI is InChI=1S/C6H14/c1-3-5-6-4-2/h3-6H2,1-2H3/i1T2. The summed E-state index contributed by atoms with van der Waals surface area (Å²) in [5, 5.41) is 0. The SMILES string of the molecule is [3H]C([3H])CCCCC. The molecular weight excluding hydrogens is 72.1 g/mol. The second-order valence-corrected chi connectivity index (χ2v) is 1.50. The maximum Gasteiger partial charge on any atom is 0.0230 e. The van der Waals surface area contributed by atoms with Gasteiger partial charge in [-0.3, -0.25) is 0 Å². The summed E-state index contributed by atoms with van der Waals surface area (Å²) >= 11 is 0. The summed E-state index contributed by atoms with van der Waals surface area (Å²) in [5.74, 6) is 0. The van der Waals surface area contributed by atoms with Crippen molar-refractivity contribution in [1.29, 1.82) is 0 Å². The van der Waals surface area contributed by atoms with Gasteiger partial charge in [0.05, 0.1) is 0 Å². The van der Waals surface area contributed by atoms with Crippen molar-refractivity contribution in [1.82, 2.24) is 0 Å². The zero-order chi connectivity index (χ0) is 6.41. The van der Waals surface area contributed by atoms with E-state index < -0.39 is 6.88 Å². The van der Waals surface area contributed by atoms with Crippen LogP contribution in [0.3, 0.4) is 0 Å². The van der Waals surface area contributed by atoms with Crippen molar-refractivity contribution in [2.24, 2.45) is 0 Å². The van der Waals surface area contributed by atoms with Gasteiger partial charge < -0.3 is 0 Å². The van der Waals surface area contributed by atoms with E-state index in [4.69, 9.17) is 2.74 Å². The Labute approximate surface area is 43.4 Å². The lowest BCUT2D eigenvalue weighted by Gasteiger charge is -1.86. The Balaban J connectivity index is 2.72. The summed E-state index contributed by atoms with van der Waals surface area (Å²) in [6.45, 7) is 1.53. The molecule has 6 heavy (non-hydrogen) atoms. The van der Waals surface area contributed by atoms with Gasteiger partial charge in [-0.15, -0.1) is 0 Å².